The third-order valence-corrected chi connectivity index (χ3v) is 15.6. The van der Waals surface area contributed by atoms with Gasteiger partial charge in [0.05, 0.1) is 19.6 Å². The minimum absolute atomic E-state index is 0.0889. The lowest BCUT2D eigenvalue weighted by Gasteiger charge is -2.16. The van der Waals surface area contributed by atoms with Crippen molar-refractivity contribution in [3.05, 3.63) is 202 Å². The summed E-state index contributed by atoms with van der Waals surface area (Å²) in [6.07, 6.45) is 10.4. The molecule has 3 aromatic heterocycles. The van der Waals surface area contributed by atoms with E-state index in [2.05, 4.69) is 158 Å². The molecule has 0 aliphatic carbocycles. The van der Waals surface area contributed by atoms with Crippen LogP contribution in [0.4, 0.5) is 17.1 Å². The molecule has 12 rings (SSSR count). The van der Waals surface area contributed by atoms with Crippen molar-refractivity contribution < 1.29 is 14.4 Å². The number of hydrogen-bond acceptors (Lipinski definition) is 3. The fraction of sp³-hybridized carbons (Fsp3) is 0.254. The first-order valence-corrected chi connectivity index (χ1v) is 25.4. The van der Waals surface area contributed by atoms with Crippen LogP contribution in [-0.4, -0.2) is 31.4 Å². The summed E-state index contributed by atoms with van der Waals surface area (Å²) in [5, 5.41) is 3.49. The van der Waals surface area contributed by atoms with Crippen LogP contribution in [0.1, 0.15) is 131 Å². The molecule has 364 valence electrons. The number of aromatic nitrogens is 3. The Morgan fingerprint density at radius 1 is 0.472 bits per heavy atom. The SMILES string of the molecule is C/C=C(/C)c1ccc2c(c1)C(=O)N(c1ccc3c(ccn3C)c1)C2.CCC(C)c1ccc2c(c1)C(=O)N(c1ccc3c(ccn3C)c1)C2.CCC(C)c1ccc2c(c1)C(=O)N(c1ccc3c(ccn3C)c1)C2. The Balaban J connectivity index is 0.000000124. The second kappa shape index (κ2) is 19.4. The van der Waals surface area contributed by atoms with Crippen molar-refractivity contribution in [2.24, 2.45) is 21.1 Å². The monoisotopic (exact) mass is 953 g/mol. The smallest absolute Gasteiger partial charge is 0.258 e. The van der Waals surface area contributed by atoms with Gasteiger partial charge in [-0.15, -0.1) is 0 Å². The molecule has 0 spiro atoms. The molecule has 3 amide bonds. The Labute approximate surface area is 423 Å². The molecule has 2 atom stereocenters. The Kier molecular flexibility index (Phi) is 12.8. The van der Waals surface area contributed by atoms with Gasteiger partial charge in [0.15, 0.2) is 0 Å². The number of amides is 3. The number of carbonyl (C=O) groups is 3. The van der Waals surface area contributed by atoms with Crippen LogP contribution in [0.5, 0.6) is 0 Å². The van der Waals surface area contributed by atoms with Crippen molar-refractivity contribution in [2.75, 3.05) is 14.7 Å². The van der Waals surface area contributed by atoms with Gasteiger partial charge in [-0.05, 0) is 168 Å². The normalized spacial score (nSPS) is 14.9. The molecule has 3 aliphatic rings. The van der Waals surface area contributed by atoms with E-state index in [9.17, 15) is 14.4 Å². The van der Waals surface area contributed by atoms with Crippen LogP contribution in [0, 0.1) is 0 Å². The summed E-state index contributed by atoms with van der Waals surface area (Å²) >= 11 is 0. The van der Waals surface area contributed by atoms with Crippen LogP contribution in [0.15, 0.2) is 152 Å². The van der Waals surface area contributed by atoms with E-state index in [-0.39, 0.29) is 17.7 Å². The Morgan fingerprint density at radius 2 is 0.819 bits per heavy atom. The topological polar surface area (TPSA) is 75.7 Å². The molecular weight excluding hydrogens is 889 g/mol. The number of nitrogens with zero attached hydrogens (tertiary/aromatic N) is 6. The van der Waals surface area contributed by atoms with Crippen molar-refractivity contribution in [3.63, 3.8) is 0 Å². The summed E-state index contributed by atoms with van der Waals surface area (Å²) < 4.78 is 6.28. The average molecular weight is 953 g/mol. The van der Waals surface area contributed by atoms with Gasteiger partial charge < -0.3 is 28.4 Å². The van der Waals surface area contributed by atoms with Gasteiger partial charge in [-0.1, -0.05) is 70.2 Å². The van der Waals surface area contributed by atoms with E-state index in [1.165, 1.54) is 44.0 Å². The predicted molar refractivity (Wildman–Crippen MR) is 296 cm³/mol. The molecular formula is C63H64N6O3. The highest BCUT2D eigenvalue weighted by Gasteiger charge is 2.32. The zero-order chi connectivity index (χ0) is 50.5. The van der Waals surface area contributed by atoms with Crippen molar-refractivity contribution in [1.82, 2.24) is 13.7 Å². The van der Waals surface area contributed by atoms with Gasteiger partial charge in [-0.25, -0.2) is 0 Å². The maximum absolute atomic E-state index is 12.9. The molecule has 72 heavy (non-hydrogen) atoms. The summed E-state index contributed by atoms with van der Waals surface area (Å²) in [7, 11) is 6.11. The van der Waals surface area contributed by atoms with Crippen molar-refractivity contribution in [2.45, 2.75) is 85.9 Å². The minimum Gasteiger partial charge on any atom is -0.351 e. The lowest BCUT2D eigenvalue weighted by molar-refractivity contribution is 0.0989. The molecule has 9 nitrogen and oxygen atoms in total. The van der Waals surface area contributed by atoms with E-state index in [1.54, 1.807) is 0 Å². The highest BCUT2D eigenvalue weighted by Crippen LogP contribution is 2.36. The van der Waals surface area contributed by atoms with E-state index in [0.717, 1.165) is 74.2 Å². The lowest BCUT2D eigenvalue weighted by Crippen LogP contribution is -2.22. The predicted octanol–water partition coefficient (Wildman–Crippen LogP) is 14.5. The van der Waals surface area contributed by atoms with Crippen LogP contribution in [0.25, 0.3) is 38.3 Å². The second-order valence-electron chi connectivity index (χ2n) is 20.0. The molecule has 0 N–H and O–H groups in total. The van der Waals surface area contributed by atoms with E-state index in [4.69, 9.17) is 0 Å². The Morgan fingerprint density at radius 3 is 1.17 bits per heavy atom. The van der Waals surface area contributed by atoms with E-state index < -0.39 is 0 Å². The fourth-order valence-electron chi connectivity index (χ4n) is 10.4. The van der Waals surface area contributed by atoms with E-state index in [0.29, 0.717) is 31.5 Å². The first kappa shape index (κ1) is 47.8. The third kappa shape index (κ3) is 8.71. The summed E-state index contributed by atoms with van der Waals surface area (Å²) in [6.45, 7) is 14.8. The van der Waals surface area contributed by atoms with Crippen LogP contribution in [-0.2, 0) is 40.8 Å². The van der Waals surface area contributed by atoms with Crippen molar-refractivity contribution >= 4 is 73.1 Å². The van der Waals surface area contributed by atoms with Crippen LogP contribution in [0.3, 0.4) is 0 Å². The van der Waals surface area contributed by atoms with Crippen LogP contribution < -0.4 is 14.7 Å². The van der Waals surface area contributed by atoms with Gasteiger partial charge in [0.25, 0.3) is 17.7 Å². The zero-order valence-corrected chi connectivity index (χ0v) is 43.0. The number of rotatable bonds is 8. The number of allylic oxidation sites excluding steroid dienone is 2. The summed E-state index contributed by atoms with van der Waals surface area (Å²) in [6, 6.07) is 43.9. The molecule has 2 unspecified atom stereocenters. The van der Waals surface area contributed by atoms with Crippen molar-refractivity contribution in [1.29, 1.82) is 0 Å². The summed E-state index contributed by atoms with van der Waals surface area (Å²) in [5.41, 5.74) is 17.1. The molecule has 0 fully saturated rings. The number of carbonyl (C=O) groups excluding carboxylic acids is 3. The number of hydrogen-bond donors (Lipinski definition) is 0. The molecule has 3 aliphatic heterocycles. The maximum atomic E-state index is 12.9. The summed E-state index contributed by atoms with van der Waals surface area (Å²) in [5.74, 6) is 1.29. The highest BCUT2D eigenvalue weighted by molar-refractivity contribution is 6.12. The first-order chi connectivity index (χ1) is 34.7. The second-order valence-corrected chi connectivity index (χ2v) is 20.0. The number of anilines is 3. The molecule has 0 saturated heterocycles. The highest BCUT2D eigenvalue weighted by atomic mass is 16.2. The number of fused-ring (bicyclic) bond motifs is 6. The third-order valence-electron chi connectivity index (χ3n) is 15.6. The minimum atomic E-state index is 0.0889. The summed E-state index contributed by atoms with van der Waals surface area (Å²) in [4.78, 5) is 44.4. The maximum Gasteiger partial charge on any atom is 0.258 e. The average Bonchev–Trinajstić information content (AvgIpc) is 4.28. The molecule has 6 aromatic carbocycles. The van der Waals surface area contributed by atoms with E-state index >= 15 is 0 Å². The molecule has 9 heteroatoms. The van der Waals surface area contributed by atoms with Gasteiger partial charge >= 0.3 is 0 Å². The zero-order valence-electron chi connectivity index (χ0n) is 43.0. The van der Waals surface area contributed by atoms with Crippen LogP contribution >= 0.6 is 0 Å². The fourth-order valence-corrected chi connectivity index (χ4v) is 10.4. The number of benzene rings is 6. The van der Waals surface area contributed by atoms with Gasteiger partial charge in [0.2, 0.25) is 0 Å². The first-order valence-electron chi connectivity index (χ1n) is 25.4. The van der Waals surface area contributed by atoms with Crippen LogP contribution in [0.2, 0.25) is 0 Å². The molecule has 0 bridgehead atoms. The largest absolute Gasteiger partial charge is 0.351 e. The Bertz CT molecular complexity index is 3470. The van der Waals surface area contributed by atoms with Gasteiger partial charge in [0, 0.05) is 106 Å². The quantitative estimate of drug-likeness (QED) is 0.152. The molecule has 9 aromatic rings. The Hall–Kier alpha value is -7.91. The standard InChI is InChI=1S/2C21H22N2O.C21H20N2O/c3*1-4-14(2)15-5-6-17-13-23(21(24)19(17)12-15)18-7-8-20-16(11-18)9-10-22(20)3/h2*5-12,14H,4,13H2,1-3H3;4-12H,13H2,1-3H3/b;;14-4-. The molecule has 6 heterocycles. The number of aryl methyl sites for hydroxylation is 3. The van der Waals surface area contributed by atoms with E-state index in [1.807, 2.05) is 85.6 Å². The van der Waals surface area contributed by atoms with Gasteiger partial charge in [-0.2, -0.15) is 0 Å². The van der Waals surface area contributed by atoms with Gasteiger partial charge in [-0.3, -0.25) is 14.4 Å². The van der Waals surface area contributed by atoms with Gasteiger partial charge in [0.1, 0.15) is 0 Å². The lowest BCUT2D eigenvalue weighted by atomic mass is 9.95. The molecule has 0 radical (unpaired) electrons. The molecule has 0 saturated carbocycles. The van der Waals surface area contributed by atoms with Crippen molar-refractivity contribution in [3.8, 4) is 0 Å².